The van der Waals surface area contributed by atoms with Crippen molar-refractivity contribution in [2.24, 2.45) is 0 Å². The molecule has 1 amide bonds. The number of sulfone groups is 1. The maximum atomic E-state index is 12.0. The first-order valence-corrected chi connectivity index (χ1v) is 7.38. The van der Waals surface area contributed by atoms with Gasteiger partial charge in [-0.15, -0.1) is 0 Å². The topological polar surface area (TPSA) is 89.3 Å². The molecular weight excluding hydrogens is 256 g/mol. The predicted molar refractivity (Wildman–Crippen MR) is 66.6 cm³/mol. The van der Waals surface area contributed by atoms with Crippen molar-refractivity contribution in [2.75, 3.05) is 0 Å². The Hall–Kier alpha value is -1.37. The fourth-order valence-corrected chi connectivity index (χ4v) is 2.55. The minimum Gasteiger partial charge on any atom is -0.360 e. The van der Waals surface area contributed by atoms with Gasteiger partial charge < -0.3 is 9.84 Å². The number of hydrogen-bond acceptors (Lipinski definition) is 5. The lowest BCUT2D eigenvalue weighted by Gasteiger charge is -2.14. The van der Waals surface area contributed by atoms with E-state index in [0.29, 0.717) is 5.69 Å². The lowest BCUT2D eigenvalue weighted by Crippen LogP contribution is -2.41. The zero-order valence-electron chi connectivity index (χ0n) is 10.9. The molecular formula is C11H18N2O4S. The summed E-state index contributed by atoms with van der Waals surface area (Å²) in [5, 5.41) is 5.08. The highest BCUT2D eigenvalue weighted by atomic mass is 32.2. The van der Waals surface area contributed by atoms with E-state index in [0.717, 1.165) is 0 Å². The number of carbonyl (C=O) groups excluding carboxylic acids is 1. The van der Waals surface area contributed by atoms with Crippen LogP contribution in [0.3, 0.4) is 0 Å². The molecule has 0 radical (unpaired) electrons. The Kier molecular flexibility index (Phi) is 4.50. The van der Waals surface area contributed by atoms with Crippen molar-refractivity contribution < 1.29 is 17.7 Å². The Morgan fingerprint density at radius 3 is 2.50 bits per heavy atom. The monoisotopic (exact) mass is 274 g/mol. The van der Waals surface area contributed by atoms with E-state index in [1.165, 1.54) is 6.92 Å². The number of amides is 1. The SMILES string of the molecule is Cc1cc(CS(=O)(=O)[C@@H](C)C(=O)NC(C)C)on1. The summed E-state index contributed by atoms with van der Waals surface area (Å²) in [7, 11) is -3.59. The first-order valence-electron chi connectivity index (χ1n) is 5.66. The zero-order chi connectivity index (χ0) is 13.9. The van der Waals surface area contributed by atoms with Crippen LogP contribution in [-0.4, -0.2) is 30.8 Å². The molecule has 0 saturated carbocycles. The second-order valence-corrected chi connectivity index (χ2v) is 6.87. The van der Waals surface area contributed by atoms with Crippen LogP contribution in [0.4, 0.5) is 0 Å². The minimum absolute atomic E-state index is 0.0947. The quantitative estimate of drug-likeness (QED) is 0.858. The van der Waals surface area contributed by atoms with Crippen molar-refractivity contribution >= 4 is 15.7 Å². The van der Waals surface area contributed by atoms with E-state index >= 15 is 0 Å². The van der Waals surface area contributed by atoms with E-state index in [2.05, 4.69) is 10.5 Å². The van der Waals surface area contributed by atoms with Gasteiger partial charge in [-0.1, -0.05) is 5.16 Å². The first-order chi connectivity index (χ1) is 8.22. The molecule has 6 nitrogen and oxygen atoms in total. The van der Waals surface area contributed by atoms with Gasteiger partial charge in [-0.25, -0.2) is 8.42 Å². The van der Waals surface area contributed by atoms with E-state index in [-0.39, 0.29) is 17.6 Å². The molecule has 0 aliphatic carbocycles. The predicted octanol–water partition coefficient (Wildman–Crippen LogP) is 0.811. The van der Waals surface area contributed by atoms with Crippen LogP contribution in [0.25, 0.3) is 0 Å². The number of nitrogens with one attached hydrogen (secondary N) is 1. The van der Waals surface area contributed by atoms with Gasteiger partial charge >= 0.3 is 0 Å². The lowest BCUT2D eigenvalue weighted by atomic mass is 10.3. The molecule has 0 aliphatic rings. The second-order valence-electron chi connectivity index (χ2n) is 4.55. The fourth-order valence-electron chi connectivity index (χ4n) is 1.37. The largest absolute Gasteiger partial charge is 0.360 e. The highest BCUT2D eigenvalue weighted by Crippen LogP contribution is 2.12. The number of aromatic nitrogens is 1. The van der Waals surface area contributed by atoms with E-state index in [1.807, 2.05) is 0 Å². The molecule has 7 heteroatoms. The van der Waals surface area contributed by atoms with Gasteiger partial charge in [0.2, 0.25) is 5.91 Å². The van der Waals surface area contributed by atoms with Crippen molar-refractivity contribution in [1.82, 2.24) is 10.5 Å². The van der Waals surface area contributed by atoms with Crippen LogP contribution in [0.1, 0.15) is 32.2 Å². The Morgan fingerprint density at radius 1 is 1.44 bits per heavy atom. The third kappa shape index (κ3) is 3.83. The normalized spacial score (nSPS) is 13.6. The Bertz CT molecular complexity index is 519. The van der Waals surface area contributed by atoms with Crippen molar-refractivity contribution in [3.8, 4) is 0 Å². The van der Waals surface area contributed by atoms with Crippen molar-refractivity contribution in [2.45, 2.75) is 44.7 Å². The molecule has 0 fully saturated rings. The number of nitrogens with zero attached hydrogens (tertiary/aromatic N) is 1. The summed E-state index contributed by atoms with van der Waals surface area (Å²) in [6.45, 7) is 6.62. The third-order valence-corrected chi connectivity index (χ3v) is 4.34. The Morgan fingerprint density at radius 2 is 2.06 bits per heavy atom. The summed E-state index contributed by atoms with van der Waals surface area (Å²) >= 11 is 0. The second kappa shape index (κ2) is 5.51. The van der Waals surface area contributed by atoms with Crippen LogP contribution in [-0.2, 0) is 20.4 Å². The summed E-state index contributed by atoms with van der Waals surface area (Å²) in [4.78, 5) is 11.7. The summed E-state index contributed by atoms with van der Waals surface area (Å²) in [5.41, 5.74) is 0.611. The molecule has 0 bridgehead atoms. The molecule has 0 saturated heterocycles. The van der Waals surface area contributed by atoms with Gasteiger partial charge in [0, 0.05) is 12.1 Å². The molecule has 0 unspecified atom stereocenters. The van der Waals surface area contributed by atoms with E-state index in [4.69, 9.17) is 4.52 Å². The smallest absolute Gasteiger partial charge is 0.238 e. The Labute approximate surface area is 107 Å². The van der Waals surface area contributed by atoms with Gasteiger partial charge in [0.15, 0.2) is 15.6 Å². The summed E-state index contributed by atoms with van der Waals surface area (Å²) in [6, 6.07) is 1.45. The first kappa shape index (κ1) is 14.7. The van der Waals surface area contributed by atoms with Gasteiger partial charge in [-0.3, -0.25) is 4.79 Å². The van der Waals surface area contributed by atoms with Gasteiger partial charge in [0.1, 0.15) is 11.0 Å². The molecule has 1 aromatic rings. The van der Waals surface area contributed by atoms with Gasteiger partial charge in [-0.2, -0.15) is 0 Å². The molecule has 0 spiro atoms. The molecule has 0 aliphatic heterocycles. The molecule has 0 aromatic carbocycles. The minimum atomic E-state index is -3.59. The zero-order valence-corrected chi connectivity index (χ0v) is 11.7. The van der Waals surface area contributed by atoms with Crippen LogP contribution < -0.4 is 5.32 Å². The average molecular weight is 274 g/mol. The number of hydrogen-bond donors (Lipinski definition) is 1. The molecule has 1 atom stereocenters. The van der Waals surface area contributed by atoms with Gasteiger partial charge in [0.05, 0.1) is 5.69 Å². The van der Waals surface area contributed by atoms with E-state index < -0.39 is 21.0 Å². The van der Waals surface area contributed by atoms with Crippen molar-refractivity contribution in [1.29, 1.82) is 0 Å². The van der Waals surface area contributed by atoms with Gasteiger partial charge in [-0.05, 0) is 27.7 Å². The van der Waals surface area contributed by atoms with E-state index in [9.17, 15) is 13.2 Å². The Balaban J connectivity index is 2.77. The van der Waals surface area contributed by atoms with Crippen molar-refractivity contribution in [3.63, 3.8) is 0 Å². The lowest BCUT2D eigenvalue weighted by molar-refractivity contribution is -0.120. The third-order valence-electron chi connectivity index (χ3n) is 2.36. The highest BCUT2D eigenvalue weighted by molar-refractivity contribution is 7.92. The van der Waals surface area contributed by atoms with Gasteiger partial charge in [0.25, 0.3) is 0 Å². The molecule has 1 rings (SSSR count). The molecule has 18 heavy (non-hydrogen) atoms. The van der Waals surface area contributed by atoms with Crippen LogP contribution in [0.5, 0.6) is 0 Å². The van der Waals surface area contributed by atoms with E-state index in [1.54, 1.807) is 26.8 Å². The average Bonchev–Trinajstić information content (AvgIpc) is 2.60. The number of aryl methyl sites for hydroxylation is 1. The maximum Gasteiger partial charge on any atom is 0.238 e. The maximum absolute atomic E-state index is 12.0. The molecule has 1 aromatic heterocycles. The molecule has 102 valence electrons. The molecule has 1 N–H and O–H groups in total. The summed E-state index contributed by atoms with van der Waals surface area (Å²) < 4.78 is 28.8. The van der Waals surface area contributed by atoms with Crippen LogP contribution >= 0.6 is 0 Å². The number of carbonyl (C=O) groups is 1. The summed E-state index contributed by atoms with van der Waals surface area (Å²) in [6.07, 6.45) is 0. The van der Waals surface area contributed by atoms with Crippen LogP contribution in [0.2, 0.25) is 0 Å². The van der Waals surface area contributed by atoms with Crippen LogP contribution in [0, 0.1) is 6.92 Å². The fraction of sp³-hybridized carbons (Fsp3) is 0.636. The summed E-state index contributed by atoms with van der Waals surface area (Å²) in [5.74, 6) is -0.571. The van der Waals surface area contributed by atoms with Crippen molar-refractivity contribution in [3.05, 3.63) is 17.5 Å². The molecule has 1 heterocycles. The standard InChI is InChI=1S/C11H18N2O4S/c1-7(2)12-11(14)9(4)18(15,16)6-10-5-8(3)13-17-10/h5,7,9H,6H2,1-4H3,(H,12,14)/t9-/m0/s1. The van der Waals surface area contributed by atoms with Crippen LogP contribution in [0.15, 0.2) is 10.6 Å². The number of rotatable bonds is 5. The highest BCUT2D eigenvalue weighted by Gasteiger charge is 2.29.